The molecule has 2 aliphatic rings. The molecule has 10 heteroatoms. The predicted molar refractivity (Wildman–Crippen MR) is 153 cm³/mol. The lowest BCUT2D eigenvalue weighted by molar-refractivity contribution is -0.133. The number of nitrogens with two attached hydrogens (primary N) is 1. The van der Waals surface area contributed by atoms with Crippen LogP contribution in [0.5, 0.6) is 0 Å². The van der Waals surface area contributed by atoms with Crippen LogP contribution in [0.2, 0.25) is 5.02 Å². The van der Waals surface area contributed by atoms with Crippen LogP contribution in [0.4, 0.5) is 34.5 Å². The number of carbonyl (C=O) groups excluding carboxylic acids is 1. The van der Waals surface area contributed by atoms with Crippen molar-refractivity contribution in [3.8, 4) is 0 Å². The summed E-state index contributed by atoms with van der Waals surface area (Å²) in [5.41, 5.74) is 10.9. The van der Waals surface area contributed by atoms with Gasteiger partial charge in [0.1, 0.15) is 17.9 Å². The van der Waals surface area contributed by atoms with E-state index >= 15 is 0 Å². The Balaban J connectivity index is 1.33. The van der Waals surface area contributed by atoms with E-state index in [0.717, 1.165) is 61.0 Å². The Bertz CT molecular complexity index is 1400. The summed E-state index contributed by atoms with van der Waals surface area (Å²) < 4.78 is 12.7. The first-order valence-corrected chi connectivity index (χ1v) is 15.4. The molecule has 194 valence electrons. The summed E-state index contributed by atoms with van der Waals surface area (Å²) in [5.74, 6) is 1.17. The monoisotopic (exact) mass is 538 g/mol. The Morgan fingerprint density at radius 1 is 1.08 bits per heavy atom. The molecule has 8 nitrogen and oxygen atoms in total. The van der Waals surface area contributed by atoms with E-state index in [2.05, 4.69) is 31.6 Å². The highest BCUT2D eigenvalue weighted by atomic mass is 35.5. The fourth-order valence-corrected chi connectivity index (χ4v) is 6.58. The number of hydrogen-bond acceptors (Lipinski definition) is 8. The van der Waals surface area contributed by atoms with Gasteiger partial charge in [-0.15, -0.1) is 0 Å². The van der Waals surface area contributed by atoms with E-state index < -0.39 is 7.14 Å². The molecule has 0 unspecified atom stereocenters. The second-order valence-electron chi connectivity index (χ2n) is 10.6. The van der Waals surface area contributed by atoms with E-state index in [1.165, 1.54) is 6.20 Å². The highest BCUT2D eigenvalue weighted by molar-refractivity contribution is 7.70. The van der Waals surface area contributed by atoms with Gasteiger partial charge < -0.3 is 25.8 Å². The van der Waals surface area contributed by atoms with Gasteiger partial charge in [0, 0.05) is 36.9 Å². The van der Waals surface area contributed by atoms with Crippen LogP contribution in [0.1, 0.15) is 31.2 Å². The maximum absolute atomic E-state index is 12.7. The molecule has 4 N–H and O–H groups in total. The van der Waals surface area contributed by atoms with Crippen molar-refractivity contribution in [2.75, 3.05) is 47.7 Å². The van der Waals surface area contributed by atoms with Crippen LogP contribution in [-0.2, 0) is 9.36 Å². The van der Waals surface area contributed by atoms with Crippen LogP contribution in [0.25, 0.3) is 0 Å². The number of halogens is 1. The molecule has 1 aromatic heterocycles. The van der Waals surface area contributed by atoms with E-state index in [0.29, 0.717) is 33.9 Å². The van der Waals surface area contributed by atoms with E-state index in [1.807, 2.05) is 37.3 Å². The number of para-hydroxylation sites is 1. The van der Waals surface area contributed by atoms with Crippen molar-refractivity contribution < 1.29 is 9.36 Å². The smallest absolute Gasteiger partial charge is 0.229 e. The van der Waals surface area contributed by atoms with Crippen LogP contribution in [0.3, 0.4) is 0 Å². The highest BCUT2D eigenvalue weighted by Crippen LogP contribution is 2.48. The van der Waals surface area contributed by atoms with Gasteiger partial charge in [-0.3, -0.25) is 4.79 Å². The lowest BCUT2D eigenvalue weighted by atomic mass is 9.62. The third-order valence-electron chi connectivity index (χ3n) is 7.41. The van der Waals surface area contributed by atoms with Crippen molar-refractivity contribution in [3.05, 3.63) is 53.2 Å². The number of ketones is 1. The van der Waals surface area contributed by atoms with E-state index in [9.17, 15) is 9.36 Å². The van der Waals surface area contributed by atoms with Gasteiger partial charge in [-0.2, -0.15) is 4.98 Å². The molecule has 2 fully saturated rings. The summed E-state index contributed by atoms with van der Waals surface area (Å²) in [5, 5.41) is 7.57. The molecule has 1 saturated carbocycles. The second-order valence-corrected chi connectivity index (χ2v) is 14.2. The number of nitrogens with zero attached hydrogens (tertiary/aromatic N) is 3. The molecule has 0 radical (unpaired) electrons. The van der Waals surface area contributed by atoms with Gasteiger partial charge in [-0.1, -0.05) is 23.7 Å². The number of aromatic nitrogens is 2. The minimum absolute atomic E-state index is 0.224. The van der Waals surface area contributed by atoms with Crippen molar-refractivity contribution in [2.24, 2.45) is 5.41 Å². The Labute approximate surface area is 222 Å². The second kappa shape index (κ2) is 9.66. The quantitative estimate of drug-likeness (QED) is 0.270. The number of nitrogen functional groups attached to an aromatic ring is 1. The molecule has 3 aromatic rings. The van der Waals surface area contributed by atoms with Gasteiger partial charge >= 0.3 is 0 Å². The normalized spacial score (nSPS) is 17.0. The Hall–Kier alpha value is -3.09. The molecular weight excluding hydrogens is 507 g/mol. The highest BCUT2D eigenvalue weighted by Gasteiger charge is 2.45. The first-order chi connectivity index (χ1) is 17.5. The van der Waals surface area contributed by atoms with E-state index in [4.69, 9.17) is 17.3 Å². The zero-order valence-electron chi connectivity index (χ0n) is 21.3. The molecule has 1 aliphatic carbocycles. The third kappa shape index (κ3) is 5.32. The Morgan fingerprint density at radius 3 is 2.46 bits per heavy atom. The number of Topliss-reactive ketones (excluding diaryl/α,β-unsaturated/α-hetero) is 1. The number of nitrogens with one attached hydrogen (secondary N) is 2. The maximum atomic E-state index is 12.7. The number of aryl methyl sites for hydroxylation is 1. The molecule has 2 aromatic carbocycles. The fourth-order valence-electron chi connectivity index (χ4n) is 5.29. The summed E-state index contributed by atoms with van der Waals surface area (Å²) in [4.78, 5) is 22.8. The standard InChI is InChI=1S/C27H32ClN6O2P/c1-17-12-23(34-10-8-27(9-11-34)14-18(35)15-27)20(29)13-22(17)32-26-30-16-19(28)25(33-26)31-21-6-4-5-7-24(21)37(2,3)36/h4-7,12-13,16H,8-11,14-15,29H2,1-3H3,(H2,30,31,32,33). The van der Waals surface area contributed by atoms with Gasteiger partial charge in [0.25, 0.3) is 0 Å². The van der Waals surface area contributed by atoms with Crippen molar-refractivity contribution in [3.63, 3.8) is 0 Å². The SMILES string of the molecule is Cc1cc(N2CCC3(CC2)CC(=O)C3)c(N)cc1Nc1ncc(Cl)c(Nc2ccccc2P(C)(C)=O)n1. The van der Waals surface area contributed by atoms with Crippen LogP contribution < -0.4 is 26.6 Å². The minimum atomic E-state index is -2.51. The first kappa shape index (κ1) is 25.6. The van der Waals surface area contributed by atoms with Crippen LogP contribution in [-0.4, -0.2) is 42.2 Å². The summed E-state index contributed by atoms with van der Waals surface area (Å²) in [6.07, 6.45) is 5.05. The summed E-state index contributed by atoms with van der Waals surface area (Å²) >= 11 is 6.39. The van der Waals surface area contributed by atoms with E-state index in [1.54, 1.807) is 13.3 Å². The average Bonchev–Trinajstić information content (AvgIpc) is 2.83. The molecule has 0 bridgehead atoms. The minimum Gasteiger partial charge on any atom is -0.397 e. The summed E-state index contributed by atoms with van der Waals surface area (Å²) in [6.45, 7) is 7.29. The fraction of sp³-hybridized carbons (Fsp3) is 0.370. The van der Waals surface area contributed by atoms with Gasteiger partial charge in [0.15, 0.2) is 5.82 Å². The van der Waals surface area contributed by atoms with Crippen molar-refractivity contribution in [1.29, 1.82) is 0 Å². The molecule has 0 amide bonds. The van der Waals surface area contributed by atoms with Gasteiger partial charge in [-0.25, -0.2) is 4.98 Å². The van der Waals surface area contributed by atoms with Crippen molar-refractivity contribution in [2.45, 2.75) is 32.6 Å². The number of piperidine rings is 1. The van der Waals surface area contributed by atoms with Crippen LogP contribution in [0.15, 0.2) is 42.6 Å². The van der Waals surface area contributed by atoms with Crippen LogP contribution in [0, 0.1) is 12.3 Å². The Kier molecular flexibility index (Phi) is 6.67. The molecular formula is C27H32ClN6O2P. The van der Waals surface area contributed by atoms with E-state index in [-0.39, 0.29) is 5.41 Å². The maximum Gasteiger partial charge on any atom is 0.229 e. The predicted octanol–water partition coefficient (Wildman–Crippen LogP) is 5.71. The number of hydrogen-bond donors (Lipinski definition) is 3. The van der Waals surface area contributed by atoms with Crippen LogP contribution >= 0.6 is 18.7 Å². The molecule has 2 heterocycles. The number of rotatable bonds is 6. The molecule has 1 spiro atoms. The molecule has 0 atom stereocenters. The molecule has 37 heavy (non-hydrogen) atoms. The Morgan fingerprint density at radius 2 is 1.78 bits per heavy atom. The zero-order valence-corrected chi connectivity index (χ0v) is 23.0. The van der Waals surface area contributed by atoms with Crippen molar-refractivity contribution >= 4 is 64.3 Å². The average molecular weight is 539 g/mol. The molecule has 5 rings (SSSR count). The zero-order chi connectivity index (χ0) is 26.4. The lowest BCUT2D eigenvalue weighted by Crippen LogP contribution is -2.47. The summed E-state index contributed by atoms with van der Waals surface area (Å²) in [7, 11) is -2.51. The summed E-state index contributed by atoms with van der Waals surface area (Å²) in [6, 6.07) is 11.4. The number of anilines is 6. The van der Waals surface area contributed by atoms with Gasteiger partial charge in [0.05, 0.1) is 23.3 Å². The van der Waals surface area contributed by atoms with Gasteiger partial charge in [0.2, 0.25) is 5.95 Å². The molecule has 1 saturated heterocycles. The third-order valence-corrected chi connectivity index (χ3v) is 9.24. The number of carbonyl (C=O) groups is 1. The largest absolute Gasteiger partial charge is 0.397 e. The number of benzene rings is 2. The van der Waals surface area contributed by atoms with Crippen molar-refractivity contribution in [1.82, 2.24) is 9.97 Å². The first-order valence-electron chi connectivity index (χ1n) is 12.4. The lowest BCUT2D eigenvalue weighted by Gasteiger charge is -2.47. The van der Waals surface area contributed by atoms with Gasteiger partial charge in [-0.05, 0) is 68.3 Å². The topological polar surface area (TPSA) is 113 Å². The molecule has 1 aliphatic heterocycles.